The molecule has 1 atom stereocenters. The summed E-state index contributed by atoms with van der Waals surface area (Å²) in [4.78, 5) is 0. The number of halogens is 1. The van der Waals surface area contributed by atoms with Crippen LogP contribution in [0.15, 0.2) is 71.2 Å². The highest BCUT2D eigenvalue weighted by Crippen LogP contribution is 2.22. The van der Waals surface area contributed by atoms with Crippen molar-refractivity contribution in [3.63, 3.8) is 0 Å². The van der Waals surface area contributed by atoms with Gasteiger partial charge in [0.15, 0.2) is 0 Å². The number of fused-ring (bicyclic) bond motifs is 1. The van der Waals surface area contributed by atoms with Gasteiger partial charge in [0.25, 0.3) is 0 Å². The lowest BCUT2D eigenvalue weighted by Gasteiger charge is -2.13. The van der Waals surface area contributed by atoms with Gasteiger partial charge in [-0.15, -0.1) is 0 Å². The molecule has 0 aliphatic rings. The monoisotopic (exact) mass is 325 g/mol. The first-order chi connectivity index (χ1) is 9.72. The average molecular weight is 326 g/mol. The Morgan fingerprint density at radius 1 is 0.850 bits per heavy atom. The molecular formula is C18H16BrN. The maximum absolute atomic E-state index is 6.32. The van der Waals surface area contributed by atoms with Crippen molar-refractivity contribution in [2.75, 3.05) is 0 Å². The maximum atomic E-state index is 6.32. The van der Waals surface area contributed by atoms with Crippen LogP contribution in [0.3, 0.4) is 0 Å². The normalized spacial score (nSPS) is 12.5. The van der Waals surface area contributed by atoms with Gasteiger partial charge in [-0.25, -0.2) is 0 Å². The van der Waals surface area contributed by atoms with Gasteiger partial charge in [0, 0.05) is 10.5 Å². The highest BCUT2D eigenvalue weighted by atomic mass is 79.9. The third kappa shape index (κ3) is 2.92. The molecule has 0 bridgehead atoms. The highest BCUT2D eigenvalue weighted by Gasteiger charge is 2.08. The summed E-state index contributed by atoms with van der Waals surface area (Å²) in [6.07, 6.45) is 0.848. The van der Waals surface area contributed by atoms with Gasteiger partial charge in [-0.05, 0) is 40.5 Å². The minimum atomic E-state index is 0.0219. The molecule has 0 amide bonds. The second-order valence-corrected chi connectivity index (χ2v) is 5.96. The quantitative estimate of drug-likeness (QED) is 0.732. The first kappa shape index (κ1) is 13.3. The van der Waals surface area contributed by atoms with Crippen LogP contribution in [0.4, 0.5) is 0 Å². The molecule has 2 heteroatoms. The molecule has 0 aliphatic heterocycles. The Morgan fingerprint density at radius 3 is 2.45 bits per heavy atom. The SMILES string of the molecule is NC(Cc1ccc2ccccc2c1)c1cccc(Br)c1. The summed E-state index contributed by atoms with van der Waals surface area (Å²) in [6, 6.07) is 23.2. The van der Waals surface area contributed by atoms with Gasteiger partial charge in [0.1, 0.15) is 0 Å². The van der Waals surface area contributed by atoms with E-state index in [9.17, 15) is 0 Å². The number of nitrogens with two attached hydrogens (primary N) is 1. The third-order valence-corrected chi connectivity index (χ3v) is 4.04. The lowest BCUT2D eigenvalue weighted by molar-refractivity contribution is 0.722. The van der Waals surface area contributed by atoms with E-state index in [0.29, 0.717) is 0 Å². The van der Waals surface area contributed by atoms with E-state index in [2.05, 4.69) is 70.5 Å². The van der Waals surface area contributed by atoms with Crippen LogP contribution in [0.5, 0.6) is 0 Å². The number of hydrogen-bond acceptors (Lipinski definition) is 1. The summed E-state index contributed by atoms with van der Waals surface area (Å²) in [5, 5.41) is 2.54. The molecule has 3 aromatic rings. The van der Waals surface area contributed by atoms with E-state index in [0.717, 1.165) is 16.5 Å². The van der Waals surface area contributed by atoms with Crippen molar-refractivity contribution in [2.24, 2.45) is 5.73 Å². The predicted octanol–water partition coefficient (Wildman–Crippen LogP) is 4.84. The third-order valence-electron chi connectivity index (χ3n) is 3.55. The van der Waals surface area contributed by atoms with E-state index in [1.807, 2.05) is 12.1 Å². The molecule has 3 aromatic carbocycles. The van der Waals surface area contributed by atoms with Crippen LogP contribution in [-0.2, 0) is 6.42 Å². The van der Waals surface area contributed by atoms with Gasteiger partial charge in [0.2, 0.25) is 0 Å². The van der Waals surface area contributed by atoms with Crippen molar-refractivity contribution < 1.29 is 0 Å². The lowest BCUT2D eigenvalue weighted by Crippen LogP contribution is -2.13. The zero-order valence-corrected chi connectivity index (χ0v) is 12.7. The Morgan fingerprint density at radius 2 is 1.65 bits per heavy atom. The van der Waals surface area contributed by atoms with Gasteiger partial charge >= 0.3 is 0 Å². The molecule has 0 aromatic heterocycles. The first-order valence-corrected chi connectivity index (χ1v) is 7.50. The minimum absolute atomic E-state index is 0.0219. The van der Waals surface area contributed by atoms with Gasteiger partial charge in [-0.3, -0.25) is 0 Å². The fraction of sp³-hybridized carbons (Fsp3) is 0.111. The Kier molecular flexibility index (Phi) is 3.86. The largest absolute Gasteiger partial charge is 0.324 e. The second-order valence-electron chi connectivity index (χ2n) is 5.05. The van der Waals surface area contributed by atoms with Crippen LogP contribution in [0.2, 0.25) is 0 Å². The molecule has 0 aliphatic carbocycles. The van der Waals surface area contributed by atoms with E-state index in [1.54, 1.807) is 0 Å². The van der Waals surface area contributed by atoms with E-state index < -0.39 is 0 Å². The predicted molar refractivity (Wildman–Crippen MR) is 88.7 cm³/mol. The molecule has 0 saturated carbocycles. The van der Waals surface area contributed by atoms with Crippen molar-refractivity contribution in [1.29, 1.82) is 0 Å². The van der Waals surface area contributed by atoms with Crippen molar-refractivity contribution in [2.45, 2.75) is 12.5 Å². The van der Waals surface area contributed by atoms with Crippen molar-refractivity contribution in [3.8, 4) is 0 Å². The van der Waals surface area contributed by atoms with Crippen molar-refractivity contribution in [1.82, 2.24) is 0 Å². The fourth-order valence-corrected chi connectivity index (χ4v) is 2.89. The summed E-state index contributed by atoms with van der Waals surface area (Å²) >= 11 is 3.49. The van der Waals surface area contributed by atoms with Crippen LogP contribution in [-0.4, -0.2) is 0 Å². The van der Waals surface area contributed by atoms with E-state index >= 15 is 0 Å². The summed E-state index contributed by atoms with van der Waals surface area (Å²) in [7, 11) is 0. The molecule has 0 radical (unpaired) electrons. The molecule has 1 unspecified atom stereocenters. The average Bonchev–Trinajstić information content (AvgIpc) is 2.47. The molecule has 3 rings (SSSR count). The Balaban J connectivity index is 1.85. The van der Waals surface area contributed by atoms with Gasteiger partial charge in [-0.2, -0.15) is 0 Å². The standard InChI is InChI=1S/C18H16BrN/c19-17-7-3-6-16(12-17)18(20)11-13-8-9-14-4-1-2-5-15(14)10-13/h1-10,12,18H,11,20H2. The Bertz CT molecular complexity index is 736. The molecular weight excluding hydrogens is 310 g/mol. The first-order valence-electron chi connectivity index (χ1n) is 6.71. The smallest absolute Gasteiger partial charge is 0.0336 e. The molecule has 1 nitrogen and oxygen atoms in total. The molecule has 0 heterocycles. The van der Waals surface area contributed by atoms with E-state index in [-0.39, 0.29) is 6.04 Å². The summed E-state index contributed by atoms with van der Waals surface area (Å²) in [5.41, 5.74) is 8.75. The van der Waals surface area contributed by atoms with Crippen LogP contribution in [0.25, 0.3) is 10.8 Å². The molecule has 0 fully saturated rings. The molecule has 0 saturated heterocycles. The number of hydrogen-bond donors (Lipinski definition) is 1. The van der Waals surface area contributed by atoms with Crippen molar-refractivity contribution in [3.05, 3.63) is 82.3 Å². The summed E-state index contributed by atoms with van der Waals surface area (Å²) in [6.45, 7) is 0. The molecule has 0 spiro atoms. The second kappa shape index (κ2) is 5.78. The van der Waals surface area contributed by atoms with Gasteiger partial charge < -0.3 is 5.73 Å². The molecule has 100 valence electrons. The molecule has 20 heavy (non-hydrogen) atoms. The van der Waals surface area contributed by atoms with E-state index in [4.69, 9.17) is 5.73 Å². The maximum Gasteiger partial charge on any atom is 0.0336 e. The van der Waals surface area contributed by atoms with Crippen LogP contribution >= 0.6 is 15.9 Å². The van der Waals surface area contributed by atoms with Crippen LogP contribution in [0, 0.1) is 0 Å². The highest BCUT2D eigenvalue weighted by molar-refractivity contribution is 9.10. The van der Waals surface area contributed by atoms with Gasteiger partial charge in [0.05, 0.1) is 0 Å². The van der Waals surface area contributed by atoms with Crippen LogP contribution < -0.4 is 5.73 Å². The fourth-order valence-electron chi connectivity index (χ4n) is 2.47. The minimum Gasteiger partial charge on any atom is -0.324 e. The van der Waals surface area contributed by atoms with Gasteiger partial charge in [-0.1, -0.05) is 70.5 Å². The summed E-state index contributed by atoms with van der Waals surface area (Å²) < 4.78 is 1.07. The number of rotatable bonds is 3. The zero-order chi connectivity index (χ0) is 13.9. The summed E-state index contributed by atoms with van der Waals surface area (Å²) in [5.74, 6) is 0. The number of benzene rings is 3. The zero-order valence-electron chi connectivity index (χ0n) is 11.1. The molecule has 2 N–H and O–H groups in total. The van der Waals surface area contributed by atoms with E-state index in [1.165, 1.54) is 16.3 Å². The topological polar surface area (TPSA) is 26.0 Å². The Hall–Kier alpha value is -1.64. The van der Waals surface area contributed by atoms with Crippen LogP contribution in [0.1, 0.15) is 17.2 Å². The Labute approximate surface area is 127 Å². The lowest BCUT2D eigenvalue weighted by atomic mass is 9.98. The van der Waals surface area contributed by atoms with Crippen molar-refractivity contribution >= 4 is 26.7 Å².